The molecule has 0 bridgehead atoms. The average Bonchev–Trinajstić information content (AvgIpc) is 3.05. The van der Waals surface area contributed by atoms with E-state index in [1.165, 1.54) is 27.1 Å². The van der Waals surface area contributed by atoms with Gasteiger partial charge in [-0.3, -0.25) is 9.78 Å². The Kier molecular flexibility index (Phi) is 8.43. The highest BCUT2D eigenvalue weighted by Gasteiger charge is 2.36. The fourth-order valence-electron chi connectivity index (χ4n) is 6.29. The molecule has 7 nitrogen and oxygen atoms in total. The van der Waals surface area contributed by atoms with Crippen LogP contribution in [0.15, 0.2) is 33.3 Å². The predicted molar refractivity (Wildman–Crippen MR) is 150 cm³/mol. The average molecular weight is 654 g/mol. The third-order valence-electron chi connectivity index (χ3n) is 8.23. The predicted octanol–water partition coefficient (Wildman–Crippen LogP) is 6.04. The Morgan fingerprint density at radius 2 is 1.68 bits per heavy atom. The summed E-state index contributed by atoms with van der Waals surface area (Å²) >= 11 is 13.9. The lowest BCUT2D eigenvalue weighted by Gasteiger charge is -2.38. The Morgan fingerprint density at radius 1 is 1.00 bits per heavy atom. The molecule has 2 aliphatic heterocycles. The summed E-state index contributed by atoms with van der Waals surface area (Å²) < 4.78 is 2.03. The van der Waals surface area contributed by atoms with Crippen LogP contribution >= 0.6 is 43.5 Å². The SMILES string of the molecule is O=C(CC1CCN(C(=O)N[O-])CC1)N1CCC([C@H]2c3ncc(Br)cc3CCc3cc(Cl)cc(Br)c32)CC1. The molecular weight excluding hydrogens is 624 g/mol. The number of rotatable bonds is 3. The van der Waals surface area contributed by atoms with Crippen LogP contribution in [0.5, 0.6) is 0 Å². The lowest BCUT2D eigenvalue weighted by atomic mass is 9.76. The smallest absolute Gasteiger partial charge is 0.306 e. The number of pyridine rings is 1. The van der Waals surface area contributed by atoms with Gasteiger partial charge >= 0.3 is 6.03 Å². The first kappa shape index (κ1) is 26.9. The summed E-state index contributed by atoms with van der Waals surface area (Å²) in [7, 11) is 0. The van der Waals surface area contributed by atoms with Crippen molar-refractivity contribution in [2.45, 2.75) is 50.9 Å². The van der Waals surface area contributed by atoms with Crippen LogP contribution < -0.4 is 5.48 Å². The summed E-state index contributed by atoms with van der Waals surface area (Å²) in [5.74, 6) is 0.979. The topological polar surface area (TPSA) is 88.6 Å². The molecule has 198 valence electrons. The van der Waals surface area contributed by atoms with Crippen LogP contribution in [0.25, 0.3) is 0 Å². The van der Waals surface area contributed by atoms with Crippen molar-refractivity contribution in [2.75, 3.05) is 26.2 Å². The molecular formula is C27H30Br2ClN4O3-. The molecule has 0 saturated carbocycles. The van der Waals surface area contributed by atoms with Crippen LogP contribution in [-0.2, 0) is 17.6 Å². The van der Waals surface area contributed by atoms with Crippen LogP contribution in [0.1, 0.15) is 60.4 Å². The number of aryl methyl sites for hydroxylation is 2. The number of piperidine rings is 2. The van der Waals surface area contributed by atoms with E-state index < -0.39 is 6.03 Å². The number of likely N-dealkylation sites (tertiary alicyclic amines) is 2. The first-order chi connectivity index (χ1) is 17.8. The zero-order chi connectivity index (χ0) is 26.1. The van der Waals surface area contributed by atoms with Crippen molar-refractivity contribution in [3.8, 4) is 0 Å². The second-order valence-corrected chi connectivity index (χ2v) is 12.6. The van der Waals surface area contributed by atoms with Gasteiger partial charge in [-0.25, -0.2) is 4.79 Å². The van der Waals surface area contributed by atoms with Crippen molar-refractivity contribution in [3.63, 3.8) is 0 Å². The molecule has 1 aliphatic carbocycles. The molecule has 1 atom stereocenters. The van der Waals surface area contributed by atoms with E-state index in [9.17, 15) is 14.8 Å². The van der Waals surface area contributed by atoms with E-state index in [1.54, 1.807) is 0 Å². The summed E-state index contributed by atoms with van der Waals surface area (Å²) in [6, 6.07) is 5.70. The molecule has 1 aromatic carbocycles. The van der Waals surface area contributed by atoms with Gasteiger partial charge in [-0.05, 0) is 101 Å². The number of amides is 3. The molecule has 0 radical (unpaired) electrons. The lowest BCUT2D eigenvalue weighted by Crippen LogP contribution is -2.44. The Morgan fingerprint density at radius 3 is 2.38 bits per heavy atom. The van der Waals surface area contributed by atoms with Gasteiger partial charge in [0.1, 0.15) is 0 Å². The van der Waals surface area contributed by atoms with Crippen LogP contribution in [0.4, 0.5) is 4.79 Å². The van der Waals surface area contributed by atoms with E-state index in [1.807, 2.05) is 17.2 Å². The molecule has 37 heavy (non-hydrogen) atoms. The summed E-state index contributed by atoms with van der Waals surface area (Å²) in [5, 5.41) is 11.4. The molecule has 0 unspecified atom stereocenters. The van der Waals surface area contributed by atoms with Gasteiger partial charge in [0, 0.05) is 58.7 Å². The number of carbonyl (C=O) groups excluding carboxylic acids is 2. The van der Waals surface area contributed by atoms with E-state index in [4.69, 9.17) is 16.6 Å². The number of hydrogen-bond acceptors (Lipinski definition) is 4. The monoisotopic (exact) mass is 651 g/mol. The van der Waals surface area contributed by atoms with Gasteiger partial charge in [0.2, 0.25) is 5.91 Å². The van der Waals surface area contributed by atoms with Crippen molar-refractivity contribution >= 4 is 55.4 Å². The van der Waals surface area contributed by atoms with E-state index in [0.717, 1.165) is 71.3 Å². The first-order valence-corrected chi connectivity index (χ1v) is 14.9. The van der Waals surface area contributed by atoms with Crippen molar-refractivity contribution < 1.29 is 9.59 Å². The molecule has 1 aromatic heterocycles. The molecule has 10 heteroatoms. The summed E-state index contributed by atoms with van der Waals surface area (Å²) in [6.45, 7) is 2.53. The number of benzene rings is 1. The minimum Gasteiger partial charge on any atom is -0.758 e. The van der Waals surface area contributed by atoms with E-state index in [-0.39, 0.29) is 17.7 Å². The van der Waals surface area contributed by atoms with E-state index >= 15 is 0 Å². The quantitative estimate of drug-likeness (QED) is 0.410. The second kappa shape index (κ2) is 11.6. The van der Waals surface area contributed by atoms with Crippen molar-refractivity contribution in [2.24, 2.45) is 11.8 Å². The third-order valence-corrected chi connectivity index (χ3v) is 9.54. The summed E-state index contributed by atoms with van der Waals surface area (Å²) in [5.41, 5.74) is 6.42. The molecule has 2 fully saturated rings. The maximum absolute atomic E-state index is 13.1. The molecule has 1 N–H and O–H groups in total. The minimum absolute atomic E-state index is 0.154. The van der Waals surface area contributed by atoms with E-state index in [0.29, 0.717) is 25.4 Å². The van der Waals surface area contributed by atoms with Gasteiger partial charge in [-0.2, -0.15) is 0 Å². The molecule has 2 aromatic rings. The molecule has 3 aliphatic rings. The molecule has 3 heterocycles. The molecule has 5 rings (SSSR count). The van der Waals surface area contributed by atoms with Gasteiger partial charge in [-0.15, -0.1) is 0 Å². The maximum Gasteiger partial charge on any atom is 0.306 e. The van der Waals surface area contributed by atoms with Crippen LogP contribution in [0.3, 0.4) is 0 Å². The van der Waals surface area contributed by atoms with Crippen molar-refractivity contribution in [3.05, 3.63) is 66.0 Å². The number of carbonyl (C=O) groups is 2. The van der Waals surface area contributed by atoms with Gasteiger partial charge in [-0.1, -0.05) is 27.5 Å². The largest absolute Gasteiger partial charge is 0.758 e. The number of nitrogens with zero attached hydrogens (tertiary/aromatic N) is 3. The van der Waals surface area contributed by atoms with Gasteiger partial charge in [0.15, 0.2) is 0 Å². The summed E-state index contributed by atoms with van der Waals surface area (Å²) in [4.78, 5) is 33.1. The van der Waals surface area contributed by atoms with Crippen LogP contribution in [0, 0.1) is 17.0 Å². The Labute approximate surface area is 239 Å². The number of nitrogens with one attached hydrogen (secondary N) is 1. The number of urea groups is 1. The van der Waals surface area contributed by atoms with Crippen molar-refractivity contribution in [1.29, 1.82) is 0 Å². The second-order valence-electron chi connectivity index (χ2n) is 10.4. The fourth-order valence-corrected chi connectivity index (χ4v) is 7.79. The fraction of sp³-hybridized carbons (Fsp3) is 0.519. The molecule has 0 spiro atoms. The van der Waals surface area contributed by atoms with Gasteiger partial charge in [0.25, 0.3) is 0 Å². The van der Waals surface area contributed by atoms with Crippen LogP contribution in [-0.4, -0.2) is 52.9 Å². The number of halogens is 3. The third kappa shape index (κ3) is 5.84. The molecule has 2 saturated heterocycles. The normalized spacial score (nSPS) is 20.7. The Balaban J connectivity index is 1.28. The van der Waals surface area contributed by atoms with Crippen molar-refractivity contribution in [1.82, 2.24) is 20.3 Å². The standard InChI is InChI=1S/C27H30Br2ClN4O3/c28-20-12-19-2-1-18-13-21(30)14-22(29)24(18)25(26(19)31-15-20)17-5-9-33(10-6-17)23(35)11-16-3-7-34(8-4-16)27(36)32-37/h12-17,25H,1-11H2,(H-,32,36,37)/q-1/t25-/m1/s1. The Hall–Kier alpha value is -1.68. The van der Waals surface area contributed by atoms with Crippen LogP contribution in [0.2, 0.25) is 5.02 Å². The van der Waals surface area contributed by atoms with E-state index in [2.05, 4.69) is 44.0 Å². The zero-order valence-corrected chi connectivity index (χ0v) is 24.4. The van der Waals surface area contributed by atoms with Gasteiger partial charge < -0.3 is 20.5 Å². The molecule has 3 amide bonds. The van der Waals surface area contributed by atoms with Gasteiger partial charge in [0.05, 0.1) is 5.69 Å². The highest BCUT2D eigenvalue weighted by atomic mass is 79.9. The zero-order valence-electron chi connectivity index (χ0n) is 20.5. The first-order valence-electron chi connectivity index (χ1n) is 12.9. The maximum atomic E-state index is 13.1. The minimum atomic E-state index is -0.579. The Bertz CT molecular complexity index is 1180. The number of hydroxylamine groups is 1. The number of fused-ring (bicyclic) bond motifs is 2. The summed E-state index contributed by atoms with van der Waals surface area (Å²) in [6.07, 6.45) is 7.59. The lowest BCUT2D eigenvalue weighted by molar-refractivity contribution is -0.134. The highest BCUT2D eigenvalue weighted by molar-refractivity contribution is 9.10. The number of aromatic nitrogens is 1. The number of hydrogen-bond donors (Lipinski definition) is 1. The highest BCUT2D eigenvalue weighted by Crippen LogP contribution is 2.46.